The Morgan fingerprint density at radius 1 is 0.946 bits per heavy atom. The molecule has 1 N–H and O–H groups in total. The van der Waals surface area contributed by atoms with E-state index in [1.807, 2.05) is 29.2 Å². The highest BCUT2D eigenvalue weighted by Crippen LogP contribution is 2.62. The summed E-state index contributed by atoms with van der Waals surface area (Å²) in [7, 11) is 0. The van der Waals surface area contributed by atoms with Gasteiger partial charge in [0.05, 0.1) is 15.6 Å². The van der Waals surface area contributed by atoms with Gasteiger partial charge in [0, 0.05) is 55.4 Å². The average Bonchev–Trinajstić information content (AvgIpc) is 3.21. The summed E-state index contributed by atoms with van der Waals surface area (Å²) in [4.78, 5) is 48.7. The molecule has 3 unspecified atom stereocenters. The van der Waals surface area contributed by atoms with Gasteiger partial charge in [0.2, 0.25) is 11.5 Å². The van der Waals surface area contributed by atoms with Crippen LogP contribution in [0.2, 0.25) is 10.0 Å². The SMILES string of the molecule is CC1(C)C2CN(C(=O)C3CN(c4ccc(Cl)c(Cl)c4)CCN3C(=O)c3cc(=O)[nH]c4ccccc34)CC21. The van der Waals surface area contributed by atoms with Crippen molar-refractivity contribution in [1.82, 2.24) is 14.8 Å². The molecule has 0 bridgehead atoms. The van der Waals surface area contributed by atoms with Gasteiger partial charge in [-0.25, -0.2) is 0 Å². The molecule has 1 aliphatic carbocycles. The first kappa shape index (κ1) is 24.3. The molecule has 0 radical (unpaired) electrons. The fraction of sp³-hybridized carbons (Fsp3) is 0.393. The Hall–Kier alpha value is -3.03. The highest BCUT2D eigenvalue weighted by Gasteiger charge is 2.63. The molecular formula is C28H28Cl2N4O3. The van der Waals surface area contributed by atoms with Crippen LogP contribution in [0.4, 0.5) is 5.69 Å². The highest BCUT2D eigenvalue weighted by atomic mass is 35.5. The molecule has 3 atom stereocenters. The Kier molecular flexibility index (Phi) is 5.77. The van der Waals surface area contributed by atoms with E-state index in [9.17, 15) is 14.4 Å². The number of aromatic nitrogens is 1. The Balaban J connectivity index is 1.34. The number of pyridine rings is 1. The topological polar surface area (TPSA) is 76.7 Å². The fourth-order valence-corrected chi connectivity index (χ4v) is 6.50. The van der Waals surface area contributed by atoms with E-state index in [2.05, 4.69) is 23.7 Å². The zero-order valence-electron chi connectivity index (χ0n) is 20.7. The molecule has 0 spiro atoms. The summed E-state index contributed by atoms with van der Waals surface area (Å²) in [6.45, 7) is 7.13. The third-order valence-electron chi connectivity index (χ3n) is 8.61. The normalized spacial score (nSPS) is 24.3. The Labute approximate surface area is 224 Å². The smallest absolute Gasteiger partial charge is 0.255 e. The lowest BCUT2D eigenvalue weighted by atomic mass is 10.0. The van der Waals surface area contributed by atoms with Gasteiger partial charge < -0.3 is 19.7 Å². The predicted octanol–water partition coefficient (Wildman–Crippen LogP) is 4.28. The van der Waals surface area contributed by atoms with Crippen LogP contribution in [-0.4, -0.2) is 65.4 Å². The van der Waals surface area contributed by atoms with Crippen LogP contribution in [-0.2, 0) is 4.79 Å². The van der Waals surface area contributed by atoms with Gasteiger partial charge in [0.1, 0.15) is 6.04 Å². The highest BCUT2D eigenvalue weighted by molar-refractivity contribution is 6.42. The zero-order valence-corrected chi connectivity index (χ0v) is 22.2. The number of nitrogens with one attached hydrogen (secondary N) is 1. The van der Waals surface area contributed by atoms with Crippen LogP contribution in [0.25, 0.3) is 10.9 Å². The minimum absolute atomic E-state index is 0.0461. The fourth-order valence-electron chi connectivity index (χ4n) is 6.21. The van der Waals surface area contributed by atoms with E-state index < -0.39 is 6.04 Å². The molecule has 6 rings (SSSR count). The molecule has 3 fully saturated rings. The van der Waals surface area contributed by atoms with Gasteiger partial charge in [-0.05, 0) is 41.5 Å². The molecular weight excluding hydrogens is 511 g/mol. The molecule has 3 aliphatic rings. The number of amides is 2. The molecule has 9 heteroatoms. The number of para-hydroxylation sites is 1. The van der Waals surface area contributed by atoms with E-state index in [0.717, 1.165) is 18.8 Å². The molecule has 3 aromatic rings. The van der Waals surface area contributed by atoms with E-state index in [-0.39, 0.29) is 22.8 Å². The maximum Gasteiger partial charge on any atom is 0.255 e. The average molecular weight is 539 g/mol. The van der Waals surface area contributed by atoms with Crippen LogP contribution in [0.15, 0.2) is 53.3 Å². The number of aromatic amines is 1. The second-order valence-corrected chi connectivity index (χ2v) is 11.7. The van der Waals surface area contributed by atoms with E-state index in [1.165, 1.54) is 6.07 Å². The summed E-state index contributed by atoms with van der Waals surface area (Å²) in [6.07, 6.45) is 0. The van der Waals surface area contributed by atoms with E-state index in [1.54, 1.807) is 23.1 Å². The van der Waals surface area contributed by atoms with Crippen molar-refractivity contribution < 1.29 is 9.59 Å². The lowest BCUT2D eigenvalue weighted by molar-refractivity contribution is -0.136. The van der Waals surface area contributed by atoms with Crippen LogP contribution in [0.3, 0.4) is 0 Å². The summed E-state index contributed by atoms with van der Waals surface area (Å²) >= 11 is 12.4. The Morgan fingerprint density at radius 3 is 2.41 bits per heavy atom. The largest absolute Gasteiger partial charge is 0.367 e. The van der Waals surface area contributed by atoms with Crippen LogP contribution in [0, 0.1) is 17.3 Å². The van der Waals surface area contributed by atoms with Crippen molar-refractivity contribution in [3.8, 4) is 0 Å². The van der Waals surface area contributed by atoms with Crippen molar-refractivity contribution >= 4 is 51.6 Å². The van der Waals surface area contributed by atoms with Gasteiger partial charge in [-0.15, -0.1) is 0 Å². The first-order valence-corrected chi connectivity index (χ1v) is 13.3. The number of fused-ring (bicyclic) bond motifs is 2. The molecule has 3 heterocycles. The maximum absolute atomic E-state index is 14.0. The number of rotatable bonds is 3. The van der Waals surface area contributed by atoms with Crippen molar-refractivity contribution in [2.45, 2.75) is 19.9 Å². The van der Waals surface area contributed by atoms with Gasteiger partial charge in [0.15, 0.2) is 0 Å². The summed E-state index contributed by atoms with van der Waals surface area (Å²) in [5, 5.41) is 1.57. The van der Waals surface area contributed by atoms with Crippen molar-refractivity contribution in [3.63, 3.8) is 0 Å². The van der Waals surface area contributed by atoms with Gasteiger partial charge in [-0.1, -0.05) is 55.2 Å². The van der Waals surface area contributed by atoms with Crippen molar-refractivity contribution in [2.75, 3.05) is 37.6 Å². The number of hydrogen-bond donors (Lipinski definition) is 1. The molecule has 1 aromatic heterocycles. The predicted molar refractivity (Wildman–Crippen MR) is 145 cm³/mol. The van der Waals surface area contributed by atoms with Gasteiger partial charge in [0.25, 0.3) is 5.91 Å². The molecule has 2 aromatic carbocycles. The molecule has 2 amide bonds. The molecule has 2 aliphatic heterocycles. The van der Waals surface area contributed by atoms with Gasteiger partial charge in [-0.2, -0.15) is 0 Å². The summed E-state index contributed by atoms with van der Waals surface area (Å²) in [6, 6.07) is 13.3. The van der Waals surface area contributed by atoms with Crippen molar-refractivity contribution in [3.05, 3.63) is 74.5 Å². The second-order valence-electron chi connectivity index (χ2n) is 10.9. The van der Waals surface area contributed by atoms with Crippen LogP contribution < -0.4 is 10.5 Å². The monoisotopic (exact) mass is 538 g/mol. The standard InChI is InChI=1S/C28H28Cl2N4O3/c1-28(2)19-13-33(14-20(19)28)27(37)24-15-32(16-7-8-21(29)22(30)11-16)9-10-34(24)26(36)18-12-25(35)31-23-6-4-3-5-17(18)23/h3-8,11-12,19-20,24H,9-10,13-15H2,1-2H3,(H,31,35). The third-order valence-corrected chi connectivity index (χ3v) is 9.35. The van der Waals surface area contributed by atoms with Crippen molar-refractivity contribution in [2.24, 2.45) is 17.3 Å². The van der Waals surface area contributed by atoms with Crippen LogP contribution in [0.5, 0.6) is 0 Å². The lowest BCUT2D eigenvalue weighted by Crippen LogP contribution is -2.61. The molecule has 192 valence electrons. The summed E-state index contributed by atoms with van der Waals surface area (Å²) < 4.78 is 0. The number of nitrogens with zero attached hydrogens (tertiary/aromatic N) is 3. The second kappa shape index (κ2) is 8.77. The quantitative estimate of drug-likeness (QED) is 0.539. The number of carbonyl (C=O) groups is 2. The Morgan fingerprint density at radius 2 is 1.68 bits per heavy atom. The number of anilines is 1. The third kappa shape index (κ3) is 4.09. The number of H-pyrrole nitrogens is 1. The number of piperazine rings is 1. The first-order chi connectivity index (χ1) is 17.6. The first-order valence-electron chi connectivity index (χ1n) is 12.6. The Bertz CT molecular complexity index is 1470. The van der Waals surface area contributed by atoms with Gasteiger partial charge >= 0.3 is 0 Å². The minimum Gasteiger partial charge on any atom is -0.367 e. The summed E-state index contributed by atoms with van der Waals surface area (Å²) in [5.74, 6) is 0.661. The number of halogens is 2. The molecule has 2 saturated heterocycles. The summed E-state index contributed by atoms with van der Waals surface area (Å²) in [5.41, 5.74) is 1.69. The van der Waals surface area contributed by atoms with Gasteiger partial charge in [-0.3, -0.25) is 14.4 Å². The lowest BCUT2D eigenvalue weighted by Gasteiger charge is -2.43. The number of carbonyl (C=O) groups excluding carboxylic acids is 2. The molecule has 1 saturated carbocycles. The molecule has 7 nitrogen and oxygen atoms in total. The number of likely N-dealkylation sites (tertiary alicyclic amines) is 1. The number of piperidine rings is 1. The van der Waals surface area contributed by atoms with Crippen LogP contribution in [0.1, 0.15) is 24.2 Å². The molecule has 37 heavy (non-hydrogen) atoms. The zero-order chi connectivity index (χ0) is 26.1. The van der Waals surface area contributed by atoms with E-state index in [0.29, 0.717) is 58.0 Å². The number of benzene rings is 2. The van der Waals surface area contributed by atoms with E-state index in [4.69, 9.17) is 23.2 Å². The number of hydrogen-bond acceptors (Lipinski definition) is 4. The van der Waals surface area contributed by atoms with E-state index >= 15 is 0 Å². The van der Waals surface area contributed by atoms with Crippen molar-refractivity contribution in [1.29, 1.82) is 0 Å². The minimum atomic E-state index is -0.686. The maximum atomic E-state index is 14.0. The van der Waals surface area contributed by atoms with Crippen LogP contribution >= 0.6 is 23.2 Å².